The first kappa shape index (κ1) is 21.1. The second-order valence-electron chi connectivity index (χ2n) is 7.77. The van der Waals surface area contributed by atoms with Gasteiger partial charge in [0.05, 0.1) is 0 Å². The summed E-state index contributed by atoms with van der Waals surface area (Å²) >= 11 is 0. The number of benzene rings is 2. The topological polar surface area (TPSA) is 49.4 Å². The van der Waals surface area contributed by atoms with Gasteiger partial charge in [0, 0.05) is 30.1 Å². The van der Waals surface area contributed by atoms with E-state index < -0.39 is 0 Å². The smallest absolute Gasteiger partial charge is 0.251 e. The Hall–Kier alpha value is -2.60. The van der Waals surface area contributed by atoms with Crippen LogP contribution in [-0.2, 0) is 0 Å². The Kier molecular flexibility index (Phi) is 7.09. The summed E-state index contributed by atoms with van der Waals surface area (Å²) in [7, 11) is 0. The van der Waals surface area contributed by atoms with Crippen molar-refractivity contribution in [2.45, 2.75) is 19.8 Å². The molecule has 2 aromatic rings. The number of nitrogens with one attached hydrogen (secondary N) is 1. The van der Waals surface area contributed by atoms with Crippen LogP contribution in [-0.4, -0.2) is 42.8 Å². The van der Waals surface area contributed by atoms with E-state index in [1.807, 2.05) is 0 Å². The lowest BCUT2D eigenvalue weighted by Gasteiger charge is -2.33. The number of nitrogens with zero attached hydrogens (tertiary/aromatic N) is 1. The average molecular weight is 400 g/mol. The van der Waals surface area contributed by atoms with Gasteiger partial charge in [-0.2, -0.15) is 0 Å². The Balaban J connectivity index is 1.40. The van der Waals surface area contributed by atoms with E-state index in [9.17, 15) is 18.4 Å². The molecule has 3 rings (SSSR count). The Bertz CT molecular complexity index is 829. The molecule has 154 valence electrons. The highest BCUT2D eigenvalue weighted by Gasteiger charge is 2.26. The van der Waals surface area contributed by atoms with Crippen LogP contribution in [0.15, 0.2) is 48.5 Å². The van der Waals surface area contributed by atoms with E-state index >= 15 is 0 Å². The molecule has 4 nitrogen and oxygen atoms in total. The van der Waals surface area contributed by atoms with E-state index in [0.717, 1.165) is 32.5 Å². The highest BCUT2D eigenvalue weighted by molar-refractivity contribution is 5.97. The molecule has 0 aromatic heterocycles. The van der Waals surface area contributed by atoms with Gasteiger partial charge < -0.3 is 10.2 Å². The molecule has 0 aliphatic carbocycles. The summed E-state index contributed by atoms with van der Waals surface area (Å²) in [6.07, 6.45) is 1.57. The number of carbonyl (C=O) groups excluding carboxylic acids is 2. The standard InChI is InChI=1S/C23H26F2N2O2/c1-16(14-26-23(29)19-4-8-21(25)9-5-19)15-27-12-10-18(11-13-27)22(28)17-2-6-20(24)7-3-17/h2-9,16,18H,10-15H2,1H3,(H,26,29). The molecule has 1 fully saturated rings. The molecule has 0 radical (unpaired) electrons. The Morgan fingerprint density at radius 3 is 2.03 bits per heavy atom. The number of hydrogen-bond donors (Lipinski definition) is 1. The number of halogens is 2. The van der Waals surface area contributed by atoms with Crippen molar-refractivity contribution in [3.8, 4) is 0 Å². The summed E-state index contributed by atoms with van der Waals surface area (Å²) in [4.78, 5) is 27.0. The van der Waals surface area contributed by atoms with Crippen molar-refractivity contribution in [2.24, 2.45) is 11.8 Å². The minimum Gasteiger partial charge on any atom is -0.352 e. The Morgan fingerprint density at radius 1 is 0.966 bits per heavy atom. The second kappa shape index (κ2) is 9.74. The highest BCUT2D eigenvalue weighted by Crippen LogP contribution is 2.22. The summed E-state index contributed by atoms with van der Waals surface area (Å²) in [5.41, 5.74) is 1.01. The van der Waals surface area contributed by atoms with Crippen molar-refractivity contribution in [1.82, 2.24) is 10.2 Å². The molecule has 1 aliphatic heterocycles. The van der Waals surface area contributed by atoms with Crippen molar-refractivity contribution in [1.29, 1.82) is 0 Å². The first-order valence-electron chi connectivity index (χ1n) is 9.98. The van der Waals surface area contributed by atoms with Crippen LogP contribution in [0.25, 0.3) is 0 Å². The van der Waals surface area contributed by atoms with Crippen molar-refractivity contribution in [3.63, 3.8) is 0 Å². The quantitative estimate of drug-likeness (QED) is 0.717. The number of Topliss-reactive ketones (excluding diaryl/α,β-unsaturated/α-hetero) is 1. The average Bonchev–Trinajstić information content (AvgIpc) is 2.73. The first-order chi connectivity index (χ1) is 13.9. The Morgan fingerprint density at radius 2 is 1.48 bits per heavy atom. The molecule has 1 unspecified atom stereocenters. The molecule has 1 atom stereocenters. The van der Waals surface area contributed by atoms with Gasteiger partial charge in [0.25, 0.3) is 5.91 Å². The number of rotatable bonds is 7. The van der Waals surface area contributed by atoms with Gasteiger partial charge in [0.2, 0.25) is 0 Å². The number of ketones is 1. The van der Waals surface area contributed by atoms with E-state index in [-0.39, 0.29) is 35.2 Å². The summed E-state index contributed by atoms with van der Waals surface area (Å²) in [5.74, 6) is -0.591. The number of piperidine rings is 1. The van der Waals surface area contributed by atoms with Crippen LogP contribution >= 0.6 is 0 Å². The fraction of sp³-hybridized carbons (Fsp3) is 0.391. The van der Waals surface area contributed by atoms with E-state index in [4.69, 9.17) is 0 Å². The molecule has 1 amide bonds. The third-order valence-electron chi connectivity index (χ3n) is 5.37. The molecule has 6 heteroatoms. The molecular formula is C23H26F2N2O2. The lowest BCUT2D eigenvalue weighted by atomic mass is 9.88. The molecule has 1 aliphatic rings. The molecule has 1 saturated heterocycles. The van der Waals surface area contributed by atoms with E-state index in [2.05, 4.69) is 17.1 Å². The van der Waals surface area contributed by atoms with Gasteiger partial charge in [-0.15, -0.1) is 0 Å². The maximum atomic E-state index is 13.0. The lowest BCUT2D eigenvalue weighted by Crippen LogP contribution is -2.41. The van der Waals surface area contributed by atoms with E-state index in [0.29, 0.717) is 17.7 Å². The molecule has 1 N–H and O–H groups in total. The summed E-state index contributed by atoms with van der Waals surface area (Å²) in [6.45, 7) is 5.09. The highest BCUT2D eigenvalue weighted by atomic mass is 19.1. The summed E-state index contributed by atoms with van der Waals surface area (Å²) in [5, 5.41) is 2.89. The fourth-order valence-corrected chi connectivity index (χ4v) is 3.70. The predicted octanol–water partition coefficient (Wildman–Crippen LogP) is 3.93. The van der Waals surface area contributed by atoms with Gasteiger partial charge >= 0.3 is 0 Å². The van der Waals surface area contributed by atoms with Crippen molar-refractivity contribution in [3.05, 3.63) is 71.3 Å². The van der Waals surface area contributed by atoms with Crippen LogP contribution in [0.3, 0.4) is 0 Å². The molecule has 0 spiro atoms. The summed E-state index contributed by atoms with van der Waals surface area (Å²) < 4.78 is 26.0. The number of hydrogen-bond acceptors (Lipinski definition) is 3. The minimum absolute atomic E-state index is 0.0230. The first-order valence-corrected chi connectivity index (χ1v) is 9.98. The minimum atomic E-state index is -0.365. The van der Waals surface area contributed by atoms with Gasteiger partial charge in [-0.05, 0) is 80.4 Å². The number of amides is 1. The summed E-state index contributed by atoms with van der Waals surface area (Å²) in [6, 6.07) is 11.2. The SMILES string of the molecule is CC(CNC(=O)c1ccc(F)cc1)CN1CCC(C(=O)c2ccc(F)cc2)CC1. The maximum Gasteiger partial charge on any atom is 0.251 e. The van der Waals surface area contributed by atoms with E-state index in [1.54, 1.807) is 12.1 Å². The second-order valence-corrected chi connectivity index (χ2v) is 7.77. The van der Waals surface area contributed by atoms with Gasteiger partial charge in [-0.1, -0.05) is 6.92 Å². The third-order valence-corrected chi connectivity index (χ3v) is 5.37. The molecular weight excluding hydrogens is 374 g/mol. The van der Waals surface area contributed by atoms with Gasteiger partial charge in [-0.3, -0.25) is 9.59 Å². The molecule has 2 aromatic carbocycles. The van der Waals surface area contributed by atoms with Crippen molar-refractivity contribution >= 4 is 11.7 Å². The van der Waals surface area contributed by atoms with Gasteiger partial charge in [-0.25, -0.2) is 8.78 Å². The molecule has 29 heavy (non-hydrogen) atoms. The van der Waals surface area contributed by atoms with Crippen LogP contribution < -0.4 is 5.32 Å². The monoisotopic (exact) mass is 400 g/mol. The third kappa shape index (κ3) is 5.94. The number of carbonyl (C=O) groups is 2. The molecule has 1 heterocycles. The van der Waals surface area contributed by atoms with Crippen LogP contribution in [0, 0.1) is 23.5 Å². The zero-order valence-electron chi connectivity index (χ0n) is 16.5. The van der Waals surface area contributed by atoms with Gasteiger partial charge in [0.1, 0.15) is 11.6 Å². The van der Waals surface area contributed by atoms with E-state index in [1.165, 1.54) is 36.4 Å². The lowest BCUT2D eigenvalue weighted by molar-refractivity contribution is 0.0822. The molecule has 0 saturated carbocycles. The zero-order chi connectivity index (χ0) is 20.8. The van der Waals surface area contributed by atoms with Crippen LogP contribution in [0.5, 0.6) is 0 Å². The maximum absolute atomic E-state index is 13.0. The van der Waals surface area contributed by atoms with Gasteiger partial charge in [0.15, 0.2) is 5.78 Å². The van der Waals surface area contributed by atoms with Crippen molar-refractivity contribution < 1.29 is 18.4 Å². The number of likely N-dealkylation sites (tertiary alicyclic amines) is 1. The Labute approximate surface area is 169 Å². The predicted molar refractivity (Wildman–Crippen MR) is 108 cm³/mol. The normalized spacial score (nSPS) is 16.4. The van der Waals surface area contributed by atoms with Crippen LogP contribution in [0.4, 0.5) is 8.78 Å². The van der Waals surface area contributed by atoms with Crippen LogP contribution in [0.1, 0.15) is 40.5 Å². The largest absolute Gasteiger partial charge is 0.352 e. The zero-order valence-corrected chi connectivity index (χ0v) is 16.5. The van der Waals surface area contributed by atoms with Crippen LogP contribution in [0.2, 0.25) is 0 Å². The fourth-order valence-electron chi connectivity index (χ4n) is 3.70. The van der Waals surface area contributed by atoms with Crippen molar-refractivity contribution in [2.75, 3.05) is 26.2 Å². The molecule has 0 bridgehead atoms.